The van der Waals surface area contributed by atoms with Crippen LogP contribution in [-0.2, 0) is 4.79 Å². The molecule has 1 aliphatic heterocycles. The maximum Gasteiger partial charge on any atom is 0.327 e. The van der Waals surface area contributed by atoms with Gasteiger partial charge in [-0.25, -0.2) is 4.79 Å². The van der Waals surface area contributed by atoms with Crippen molar-refractivity contribution < 1.29 is 14.8 Å². The summed E-state index contributed by atoms with van der Waals surface area (Å²) in [4.78, 5) is 35.8. The van der Waals surface area contributed by atoms with Crippen LogP contribution in [0.15, 0.2) is 64.4 Å². The topological polar surface area (TPSA) is 131 Å². The Morgan fingerprint density at radius 2 is 1.94 bits per heavy atom. The van der Waals surface area contributed by atoms with Gasteiger partial charge in [-0.1, -0.05) is 42.5 Å². The summed E-state index contributed by atoms with van der Waals surface area (Å²) >= 11 is 1.30. The first kappa shape index (κ1) is 19.1. The molecule has 3 heterocycles. The monoisotopic (exact) mass is 434 g/mol. The third kappa shape index (κ3) is 2.91. The molecule has 0 radical (unpaired) electrons. The fourth-order valence-corrected chi connectivity index (χ4v) is 5.19. The number of fused-ring (bicyclic) bond motifs is 2. The fraction of sp³-hybridized carbons (Fsp3) is 0.0952. The molecule has 31 heavy (non-hydrogen) atoms. The van der Waals surface area contributed by atoms with Crippen LogP contribution >= 0.6 is 11.8 Å². The van der Waals surface area contributed by atoms with E-state index in [4.69, 9.17) is 0 Å². The number of H-pyrrole nitrogens is 1. The highest BCUT2D eigenvalue weighted by atomic mass is 32.2. The summed E-state index contributed by atoms with van der Waals surface area (Å²) < 4.78 is 1.30. The molecule has 0 spiro atoms. The summed E-state index contributed by atoms with van der Waals surface area (Å²) in [6.45, 7) is 0. The number of nitro benzene ring substituents is 1. The van der Waals surface area contributed by atoms with E-state index in [-0.39, 0.29) is 17.0 Å². The van der Waals surface area contributed by atoms with E-state index < -0.39 is 22.5 Å². The number of hydrogen-bond acceptors (Lipinski definition) is 6. The SMILES string of the molecule is O=C(O)[C@@H]1CSc2c(-c3ccccc3)c3c(-c4cccc([N+](=O)[O-])c4)n[nH]c3c(=O)n21. The van der Waals surface area contributed by atoms with Gasteiger partial charge in [0.2, 0.25) is 0 Å². The first-order valence-corrected chi connectivity index (χ1v) is 10.3. The van der Waals surface area contributed by atoms with Gasteiger partial charge < -0.3 is 5.11 Å². The van der Waals surface area contributed by atoms with Crippen LogP contribution in [-0.4, -0.2) is 36.5 Å². The van der Waals surface area contributed by atoms with Gasteiger partial charge in [0.15, 0.2) is 0 Å². The van der Waals surface area contributed by atoms with Gasteiger partial charge in [0.05, 0.1) is 9.95 Å². The molecule has 2 aromatic heterocycles. The number of nitrogens with zero attached hydrogens (tertiary/aromatic N) is 3. The average Bonchev–Trinajstić information content (AvgIpc) is 3.40. The number of carboxylic acids is 1. The van der Waals surface area contributed by atoms with Crippen molar-refractivity contribution in [3.05, 3.63) is 75.1 Å². The predicted octanol–water partition coefficient (Wildman–Crippen LogP) is 3.70. The highest BCUT2D eigenvalue weighted by molar-refractivity contribution is 7.99. The Bertz CT molecular complexity index is 1430. The minimum Gasteiger partial charge on any atom is -0.480 e. The van der Waals surface area contributed by atoms with E-state index in [1.165, 1.54) is 28.5 Å². The van der Waals surface area contributed by atoms with E-state index in [2.05, 4.69) is 10.2 Å². The van der Waals surface area contributed by atoms with Crippen molar-refractivity contribution in [3.8, 4) is 22.4 Å². The van der Waals surface area contributed by atoms with Crippen molar-refractivity contribution in [2.24, 2.45) is 0 Å². The molecule has 0 fully saturated rings. The Kier molecular flexibility index (Phi) is 4.36. The van der Waals surface area contributed by atoms with Gasteiger partial charge in [-0.05, 0) is 5.56 Å². The van der Waals surface area contributed by atoms with Crippen LogP contribution in [0.3, 0.4) is 0 Å². The van der Waals surface area contributed by atoms with Gasteiger partial charge in [0.25, 0.3) is 11.2 Å². The number of pyridine rings is 1. The van der Waals surface area contributed by atoms with Gasteiger partial charge in [-0.2, -0.15) is 5.10 Å². The van der Waals surface area contributed by atoms with Gasteiger partial charge in [0, 0.05) is 34.4 Å². The largest absolute Gasteiger partial charge is 0.480 e. The van der Waals surface area contributed by atoms with Crippen LogP contribution in [0.1, 0.15) is 6.04 Å². The molecule has 0 amide bonds. The van der Waals surface area contributed by atoms with E-state index in [0.717, 1.165) is 5.56 Å². The number of rotatable bonds is 4. The molecule has 5 rings (SSSR count). The van der Waals surface area contributed by atoms with E-state index in [1.807, 2.05) is 30.3 Å². The number of aromatic amines is 1. The molecule has 2 N–H and O–H groups in total. The maximum absolute atomic E-state index is 13.2. The van der Waals surface area contributed by atoms with Gasteiger partial charge in [0.1, 0.15) is 17.3 Å². The van der Waals surface area contributed by atoms with Crippen LogP contribution in [0.5, 0.6) is 0 Å². The van der Waals surface area contributed by atoms with Crippen LogP contribution in [0.25, 0.3) is 33.3 Å². The number of nitrogens with one attached hydrogen (secondary N) is 1. The third-order valence-corrected chi connectivity index (χ3v) is 6.41. The molecule has 2 aromatic carbocycles. The number of benzene rings is 2. The average molecular weight is 434 g/mol. The lowest BCUT2D eigenvalue weighted by Crippen LogP contribution is -2.29. The quantitative estimate of drug-likeness (QED) is 0.370. The lowest BCUT2D eigenvalue weighted by atomic mass is 9.99. The summed E-state index contributed by atoms with van der Waals surface area (Å²) in [5, 5.41) is 29.0. The molecular formula is C21H14N4O5S. The van der Waals surface area contributed by atoms with Crippen LogP contribution < -0.4 is 5.56 Å². The molecule has 154 valence electrons. The Morgan fingerprint density at radius 3 is 2.65 bits per heavy atom. The summed E-state index contributed by atoms with van der Waals surface area (Å²) in [5.74, 6) is -0.846. The first-order valence-electron chi connectivity index (χ1n) is 9.30. The Labute approximate surface area is 178 Å². The van der Waals surface area contributed by atoms with Gasteiger partial charge in [-0.15, -0.1) is 11.8 Å². The van der Waals surface area contributed by atoms with Crippen LogP contribution in [0.4, 0.5) is 5.69 Å². The molecule has 0 bridgehead atoms. The van der Waals surface area contributed by atoms with Crippen molar-refractivity contribution in [1.82, 2.24) is 14.8 Å². The number of carbonyl (C=O) groups is 1. The molecular weight excluding hydrogens is 420 g/mol. The number of aliphatic carboxylic acids is 1. The van der Waals surface area contributed by atoms with Gasteiger partial charge >= 0.3 is 5.97 Å². The highest BCUT2D eigenvalue weighted by Crippen LogP contribution is 2.44. The number of non-ortho nitro benzene ring substituents is 1. The van der Waals surface area contributed by atoms with Crippen molar-refractivity contribution in [2.75, 3.05) is 5.75 Å². The fourth-order valence-electron chi connectivity index (χ4n) is 3.87. The molecule has 10 heteroatoms. The number of carboxylic acid groups (broad SMARTS) is 1. The number of aromatic nitrogens is 3. The highest BCUT2D eigenvalue weighted by Gasteiger charge is 2.35. The first-order chi connectivity index (χ1) is 15.0. The molecule has 1 aliphatic rings. The summed E-state index contributed by atoms with van der Waals surface area (Å²) in [5.41, 5.74) is 1.96. The molecule has 0 unspecified atom stereocenters. The number of hydrogen-bond donors (Lipinski definition) is 2. The zero-order valence-electron chi connectivity index (χ0n) is 15.8. The Hall–Kier alpha value is -3.92. The molecule has 1 atom stereocenters. The molecule has 0 saturated heterocycles. The minimum absolute atomic E-state index is 0.0897. The minimum atomic E-state index is -1.08. The van der Waals surface area contributed by atoms with Gasteiger partial charge in [-0.3, -0.25) is 24.6 Å². The van der Waals surface area contributed by atoms with E-state index in [0.29, 0.717) is 27.2 Å². The Balaban J connectivity index is 1.90. The third-order valence-electron chi connectivity index (χ3n) is 5.25. The molecule has 4 aromatic rings. The smallest absolute Gasteiger partial charge is 0.327 e. The van der Waals surface area contributed by atoms with Crippen LogP contribution in [0, 0.1) is 10.1 Å². The zero-order chi connectivity index (χ0) is 21.7. The lowest BCUT2D eigenvalue weighted by Gasteiger charge is -2.14. The second kappa shape index (κ2) is 7.10. The second-order valence-electron chi connectivity index (χ2n) is 7.02. The maximum atomic E-state index is 13.2. The lowest BCUT2D eigenvalue weighted by molar-refractivity contribution is -0.384. The number of nitro groups is 1. The van der Waals surface area contributed by atoms with Crippen molar-refractivity contribution in [2.45, 2.75) is 11.1 Å². The second-order valence-corrected chi connectivity index (χ2v) is 8.02. The summed E-state index contributed by atoms with van der Waals surface area (Å²) in [6, 6.07) is 14.4. The summed E-state index contributed by atoms with van der Waals surface area (Å²) in [6.07, 6.45) is 0. The molecule has 0 aliphatic carbocycles. The van der Waals surface area contributed by atoms with Crippen molar-refractivity contribution in [1.29, 1.82) is 0 Å². The molecule has 9 nitrogen and oxygen atoms in total. The Morgan fingerprint density at radius 1 is 1.19 bits per heavy atom. The number of thioether (sulfide) groups is 1. The van der Waals surface area contributed by atoms with E-state index >= 15 is 0 Å². The van der Waals surface area contributed by atoms with Crippen molar-refractivity contribution >= 4 is 34.3 Å². The van der Waals surface area contributed by atoms with E-state index in [9.17, 15) is 24.8 Å². The molecule has 0 saturated carbocycles. The summed E-state index contributed by atoms with van der Waals surface area (Å²) in [7, 11) is 0. The van der Waals surface area contributed by atoms with E-state index in [1.54, 1.807) is 12.1 Å². The normalized spacial score (nSPS) is 15.2. The standard InChI is InChI=1S/C21H14N4O5S/c26-19-18-16(17(22-23-18)12-7-4-8-13(9-12)25(29)30)15(11-5-2-1-3-6-11)20-24(19)14(10-31-20)21(27)28/h1-9,14H,10H2,(H,22,23)(H,27,28)/t14-/m0/s1. The predicted molar refractivity (Wildman–Crippen MR) is 115 cm³/mol. The van der Waals surface area contributed by atoms with Crippen molar-refractivity contribution in [3.63, 3.8) is 0 Å². The zero-order valence-corrected chi connectivity index (χ0v) is 16.6. The van der Waals surface area contributed by atoms with Crippen LogP contribution in [0.2, 0.25) is 0 Å².